The summed E-state index contributed by atoms with van der Waals surface area (Å²) in [5.74, 6) is 1.01. The Balaban J connectivity index is 1.63. The second-order valence-electron chi connectivity index (χ2n) is 6.23. The van der Waals surface area contributed by atoms with Crippen LogP contribution in [0.5, 0.6) is 5.75 Å². The van der Waals surface area contributed by atoms with E-state index in [2.05, 4.69) is 24.1 Å². The van der Waals surface area contributed by atoms with Crippen LogP contribution >= 0.6 is 11.6 Å². The second-order valence-corrected chi connectivity index (χ2v) is 6.66. The maximum atomic E-state index is 6.11. The molecule has 21 heavy (non-hydrogen) atoms. The molecule has 1 aromatic carbocycles. The number of hydrogen-bond acceptors (Lipinski definition) is 3. The first kappa shape index (κ1) is 15.1. The van der Waals surface area contributed by atoms with Gasteiger partial charge in [0.1, 0.15) is 11.9 Å². The zero-order valence-corrected chi connectivity index (χ0v) is 13.7. The predicted octanol–water partition coefficient (Wildman–Crippen LogP) is 3.11. The lowest BCUT2D eigenvalue weighted by Gasteiger charge is -2.40. The van der Waals surface area contributed by atoms with Crippen LogP contribution in [0.25, 0.3) is 0 Å². The summed E-state index contributed by atoms with van der Waals surface area (Å²) in [6.45, 7) is 7.77. The molecule has 1 N–H and O–H groups in total. The van der Waals surface area contributed by atoms with E-state index in [1.807, 2.05) is 18.2 Å². The number of halogens is 1. The third-order valence-electron chi connectivity index (χ3n) is 4.78. The van der Waals surface area contributed by atoms with Crippen LogP contribution in [-0.4, -0.2) is 42.7 Å². The van der Waals surface area contributed by atoms with Crippen LogP contribution in [0.3, 0.4) is 0 Å². The summed E-state index contributed by atoms with van der Waals surface area (Å²) in [5, 5.41) is 4.45. The molecule has 1 saturated heterocycles. The number of ether oxygens (including phenoxy) is 1. The smallest absolute Gasteiger partial charge is 0.123 e. The van der Waals surface area contributed by atoms with Crippen molar-refractivity contribution in [1.82, 2.24) is 10.2 Å². The van der Waals surface area contributed by atoms with Crippen molar-refractivity contribution in [2.75, 3.05) is 19.6 Å². The molecule has 2 aliphatic heterocycles. The van der Waals surface area contributed by atoms with Crippen LogP contribution in [0.4, 0.5) is 0 Å². The molecule has 3 nitrogen and oxygen atoms in total. The van der Waals surface area contributed by atoms with Gasteiger partial charge < -0.3 is 10.1 Å². The summed E-state index contributed by atoms with van der Waals surface area (Å²) in [5.41, 5.74) is 1.25. The molecule has 116 valence electrons. The molecule has 0 spiro atoms. The standard InChI is InChI=1S/C17H25ClN2O/c1-3-14-10-20(15(4-2)9-19-14)11-16-8-12-7-13(18)5-6-17(12)21-16/h5-7,14-16,19H,3-4,8-11H2,1-2H3. The quantitative estimate of drug-likeness (QED) is 0.925. The minimum absolute atomic E-state index is 0.267. The molecule has 0 saturated carbocycles. The number of rotatable bonds is 4. The Morgan fingerprint density at radius 3 is 2.95 bits per heavy atom. The average Bonchev–Trinajstić information content (AvgIpc) is 2.88. The minimum Gasteiger partial charge on any atom is -0.488 e. The molecule has 3 atom stereocenters. The van der Waals surface area contributed by atoms with E-state index in [0.29, 0.717) is 12.1 Å². The molecule has 1 aromatic rings. The van der Waals surface area contributed by atoms with Crippen LogP contribution < -0.4 is 10.1 Å². The van der Waals surface area contributed by atoms with Crippen LogP contribution in [-0.2, 0) is 6.42 Å². The summed E-state index contributed by atoms with van der Waals surface area (Å²) in [6.07, 6.45) is 3.62. The van der Waals surface area contributed by atoms with Crippen molar-refractivity contribution >= 4 is 11.6 Å². The molecular formula is C17H25ClN2O. The van der Waals surface area contributed by atoms with Gasteiger partial charge in [0.15, 0.2) is 0 Å². The van der Waals surface area contributed by atoms with Crippen molar-refractivity contribution in [1.29, 1.82) is 0 Å². The number of nitrogens with one attached hydrogen (secondary N) is 1. The molecule has 1 fully saturated rings. The highest BCUT2D eigenvalue weighted by molar-refractivity contribution is 6.30. The van der Waals surface area contributed by atoms with Crippen molar-refractivity contribution in [2.45, 2.75) is 51.3 Å². The number of hydrogen-bond donors (Lipinski definition) is 1. The molecule has 3 rings (SSSR count). The summed E-state index contributed by atoms with van der Waals surface area (Å²) >= 11 is 6.07. The van der Waals surface area contributed by atoms with Gasteiger partial charge in [0.25, 0.3) is 0 Å². The van der Waals surface area contributed by atoms with Gasteiger partial charge in [-0.25, -0.2) is 0 Å². The normalized spacial score (nSPS) is 29.2. The first-order valence-electron chi connectivity index (χ1n) is 8.12. The maximum absolute atomic E-state index is 6.11. The Morgan fingerprint density at radius 2 is 2.19 bits per heavy atom. The molecule has 0 amide bonds. The van der Waals surface area contributed by atoms with E-state index in [1.54, 1.807) is 0 Å². The molecule has 2 heterocycles. The minimum atomic E-state index is 0.267. The highest BCUT2D eigenvalue weighted by Gasteiger charge is 2.31. The van der Waals surface area contributed by atoms with Gasteiger partial charge in [0.2, 0.25) is 0 Å². The summed E-state index contributed by atoms with van der Waals surface area (Å²) in [6, 6.07) is 7.20. The number of benzene rings is 1. The summed E-state index contributed by atoms with van der Waals surface area (Å²) in [7, 11) is 0. The highest BCUT2D eigenvalue weighted by Crippen LogP contribution is 2.31. The van der Waals surface area contributed by atoms with Gasteiger partial charge in [0, 0.05) is 43.2 Å². The highest BCUT2D eigenvalue weighted by atomic mass is 35.5. The lowest BCUT2D eigenvalue weighted by Crippen LogP contribution is -2.57. The topological polar surface area (TPSA) is 24.5 Å². The monoisotopic (exact) mass is 308 g/mol. The molecule has 2 aliphatic rings. The van der Waals surface area contributed by atoms with Crippen molar-refractivity contribution in [3.63, 3.8) is 0 Å². The van der Waals surface area contributed by atoms with E-state index in [4.69, 9.17) is 16.3 Å². The fourth-order valence-electron chi connectivity index (χ4n) is 3.48. The molecular weight excluding hydrogens is 284 g/mol. The molecule has 0 aromatic heterocycles. The van der Waals surface area contributed by atoms with E-state index < -0.39 is 0 Å². The fourth-order valence-corrected chi connectivity index (χ4v) is 3.68. The van der Waals surface area contributed by atoms with Gasteiger partial charge in [-0.3, -0.25) is 4.90 Å². The van der Waals surface area contributed by atoms with E-state index in [0.717, 1.165) is 36.8 Å². The third kappa shape index (κ3) is 3.36. The number of fused-ring (bicyclic) bond motifs is 1. The van der Waals surface area contributed by atoms with Crippen molar-refractivity contribution < 1.29 is 4.74 Å². The van der Waals surface area contributed by atoms with Crippen molar-refractivity contribution in [2.24, 2.45) is 0 Å². The van der Waals surface area contributed by atoms with E-state index >= 15 is 0 Å². The van der Waals surface area contributed by atoms with E-state index in [9.17, 15) is 0 Å². The SMILES string of the molecule is CCC1CN(CC2Cc3cc(Cl)ccc3O2)C(CC)CN1. The molecule has 0 bridgehead atoms. The summed E-state index contributed by atoms with van der Waals surface area (Å²) < 4.78 is 6.11. The Hall–Kier alpha value is -0.770. The predicted molar refractivity (Wildman–Crippen MR) is 87.3 cm³/mol. The Morgan fingerprint density at radius 1 is 1.33 bits per heavy atom. The van der Waals surface area contributed by atoms with Crippen molar-refractivity contribution in [3.05, 3.63) is 28.8 Å². The van der Waals surface area contributed by atoms with Crippen LogP contribution in [0.2, 0.25) is 5.02 Å². The van der Waals surface area contributed by atoms with Crippen LogP contribution in [0.15, 0.2) is 18.2 Å². The fraction of sp³-hybridized carbons (Fsp3) is 0.647. The van der Waals surface area contributed by atoms with E-state index in [-0.39, 0.29) is 6.10 Å². The maximum Gasteiger partial charge on any atom is 0.123 e. The Labute approximate surface area is 132 Å². The first-order valence-corrected chi connectivity index (χ1v) is 8.49. The van der Waals surface area contributed by atoms with Crippen molar-refractivity contribution in [3.8, 4) is 5.75 Å². The largest absolute Gasteiger partial charge is 0.488 e. The molecule has 4 heteroatoms. The summed E-state index contributed by atoms with van der Waals surface area (Å²) in [4.78, 5) is 2.61. The Kier molecular flexibility index (Phi) is 4.72. The zero-order chi connectivity index (χ0) is 14.8. The lowest BCUT2D eigenvalue weighted by molar-refractivity contribution is 0.0774. The van der Waals surface area contributed by atoms with E-state index in [1.165, 1.54) is 18.4 Å². The van der Waals surface area contributed by atoms with Gasteiger partial charge >= 0.3 is 0 Å². The zero-order valence-electron chi connectivity index (χ0n) is 12.9. The third-order valence-corrected chi connectivity index (χ3v) is 5.01. The van der Waals surface area contributed by atoms with Crippen LogP contribution in [0.1, 0.15) is 32.3 Å². The van der Waals surface area contributed by atoms with Gasteiger partial charge in [-0.1, -0.05) is 25.4 Å². The molecule has 3 unspecified atom stereocenters. The van der Waals surface area contributed by atoms with Gasteiger partial charge in [-0.2, -0.15) is 0 Å². The number of piperazine rings is 1. The molecule has 0 aliphatic carbocycles. The number of nitrogens with zero attached hydrogens (tertiary/aromatic N) is 1. The second kappa shape index (κ2) is 6.55. The first-order chi connectivity index (χ1) is 10.2. The Bertz CT molecular complexity index is 494. The van der Waals surface area contributed by atoms with Gasteiger partial charge in [-0.05, 0) is 36.6 Å². The van der Waals surface area contributed by atoms with Gasteiger partial charge in [-0.15, -0.1) is 0 Å². The average molecular weight is 309 g/mol. The lowest BCUT2D eigenvalue weighted by atomic mass is 10.0. The molecule has 0 radical (unpaired) electrons. The van der Waals surface area contributed by atoms with Crippen LogP contribution in [0, 0.1) is 0 Å². The van der Waals surface area contributed by atoms with Gasteiger partial charge in [0.05, 0.1) is 0 Å².